The van der Waals surface area contributed by atoms with Crippen LogP contribution in [0.25, 0.3) is 0 Å². The third kappa shape index (κ3) is 3.30. The Morgan fingerprint density at radius 2 is 1.96 bits per heavy atom. The molecule has 1 aliphatic rings. The third-order valence-corrected chi connectivity index (χ3v) is 5.43. The van der Waals surface area contributed by atoms with Gasteiger partial charge in [0, 0.05) is 17.8 Å². The van der Waals surface area contributed by atoms with Crippen LogP contribution < -0.4 is 4.74 Å². The van der Waals surface area contributed by atoms with E-state index in [0.717, 1.165) is 18.4 Å². The lowest BCUT2D eigenvalue weighted by atomic mass is 9.55. The first-order valence-corrected chi connectivity index (χ1v) is 8.58. The SMILES string of the molecule is C=CCC(C#N)(C#N)[C@@H](c1ccc(OC)cc1)[C@@]1(C)CCCCC1=O. The van der Waals surface area contributed by atoms with Crippen molar-refractivity contribution in [2.45, 2.75) is 44.9 Å². The third-order valence-electron chi connectivity index (χ3n) is 5.43. The van der Waals surface area contributed by atoms with Crippen molar-refractivity contribution < 1.29 is 9.53 Å². The standard InChI is InChI=1S/C21H24N2O2/c1-4-12-21(14-22,15-23)19(16-8-10-17(25-3)11-9-16)20(2)13-6-5-7-18(20)24/h4,8-11,19H,1,5-7,12-13H2,2-3H3/t19-,20-/m0/s1. The van der Waals surface area contributed by atoms with Crippen LogP contribution in [0.1, 0.15) is 50.5 Å². The van der Waals surface area contributed by atoms with Crippen molar-refractivity contribution >= 4 is 5.78 Å². The number of allylic oxidation sites excluding steroid dienone is 1. The van der Waals surface area contributed by atoms with Gasteiger partial charge in [-0.3, -0.25) is 4.79 Å². The van der Waals surface area contributed by atoms with Crippen LogP contribution in [-0.2, 0) is 4.79 Å². The second kappa shape index (κ2) is 7.53. The van der Waals surface area contributed by atoms with Gasteiger partial charge in [-0.05, 0) is 37.0 Å². The molecule has 2 atom stereocenters. The van der Waals surface area contributed by atoms with Gasteiger partial charge in [-0.1, -0.05) is 31.6 Å². The van der Waals surface area contributed by atoms with E-state index in [0.29, 0.717) is 18.6 Å². The van der Waals surface area contributed by atoms with Crippen LogP contribution in [0.15, 0.2) is 36.9 Å². The van der Waals surface area contributed by atoms with Crippen molar-refractivity contribution in [3.05, 3.63) is 42.5 Å². The van der Waals surface area contributed by atoms with E-state index >= 15 is 0 Å². The van der Waals surface area contributed by atoms with E-state index in [1.54, 1.807) is 13.2 Å². The van der Waals surface area contributed by atoms with Gasteiger partial charge < -0.3 is 4.74 Å². The summed E-state index contributed by atoms with van der Waals surface area (Å²) in [6.45, 7) is 5.64. The fourth-order valence-electron chi connectivity index (χ4n) is 4.09. The second-order valence-electron chi connectivity index (χ2n) is 6.94. The van der Waals surface area contributed by atoms with Crippen LogP contribution in [0.3, 0.4) is 0 Å². The smallest absolute Gasteiger partial charge is 0.154 e. The van der Waals surface area contributed by atoms with Crippen LogP contribution in [-0.4, -0.2) is 12.9 Å². The van der Waals surface area contributed by atoms with Crippen molar-refractivity contribution in [3.63, 3.8) is 0 Å². The molecule has 1 aliphatic carbocycles. The zero-order chi connectivity index (χ0) is 18.5. The molecular formula is C21H24N2O2. The van der Waals surface area contributed by atoms with Crippen molar-refractivity contribution in [3.8, 4) is 17.9 Å². The molecule has 0 amide bonds. The molecule has 4 nitrogen and oxygen atoms in total. The summed E-state index contributed by atoms with van der Waals surface area (Å²) in [5, 5.41) is 19.8. The molecule has 4 heteroatoms. The van der Waals surface area contributed by atoms with E-state index in [1.165, 1.54) is 0 Å². The Kier molecular flexibility index (Phi) is 5.65. The summed E-state index contributed by atoms with van der Waals surface area (Å²) >= 11 is 0. The lowest BCUT2D eigenvalue weighted by molar-refractivity contribution is -0.133. The van der Waals surface area contributed by atoms with E-state index in [2.05, 4.69) is 18.7 Å². The molecule has 1 aromatic rings. The molecule has 0 radical (unpaired) electrons. The van der Waals surface area contributed by atoms with Crippen molar-refractivity contribution in [2.75, 3.05) is 7.11 Å². The highest BCUT2D eigenvalue weighted by Gasteiger charge is 2.53. The largest absolute Gasteiger partial charge is 0.497 e. The van der Waals surface area contributed by atoms with Crippen LogP contribution in [0, 0.1) is 33.5 Å². The zero-order valence-electron chi connectivity index (χ0n) is 14.9. The van der Waals surface area contributed by atoms with Gasteiger partial charge in [-0.25, -0.2) is 0 Å². The van der Waals surface area contributed by atoms with Crippen molar-refractivity contribution in [1.82, 2.24) is 0 Å². The minimum Gasteiger partial charge on any atom is -0.497 e. The molecule has 1 aromatic carbocycles. The molecule has 130 valence electrons. The number of ether oxygens (including phenoxy) is 1. The Morgan fingerprint density at radius 3 is 2.44 bits per heavy atom. The predicted octanol–water partition coefficient (Wildman–Crippen LogP) is 4.54. The molecule has 1 saturated carbocycles. The number of carbonyl (C=O) groups excluding carboxylic acids is 1. The van der Waals surface area contributed by atoms with Gasteiger partial charge >= 0.3 is 0 Å². The van der Waals surface area contributed by atoms with E-state index in [4.69, 9.17) is 4.74 Å². The molecule has 0 saturated heterocycles. The highest BCUT2D eigenvalue weighted by molar-refractivity contribution is 5.86. The van der Waals surface area contributed by atoms with E-state index in [9.17, 15) is 15.3 Å². The number of Topliss-reactive ketones (excluding diaryl/α,β-unsaturated/α-hetero) is 1. The molecule has 0 N–H and O–H groups in total. The van der Waals surface area contributed by atoms with E-state index in [1.807, 2.05) is 31.2 Å². The topological polar surface area (TPSA) is 73.9 Å². The predicted molar refractivity (Wildman–Crippen MR) is 95.8 cm³/mol. The van der Waals surface area contributed by atoms with Gasteiger partial charge in [0.1, 0.15) is 11.5 Å². The van der Waals surface area contributed by atoms with Crippen LogP contribution in [0.2, 0.25) is 0 Å². The summed E-state index contributed by atoms with van der Waals surface area (Å²) in [5.41, 5.74) is -1.23. The molecule has 25 heavy (non-hydrogen) atoms. The molecule has 0 heterocycles. The quantitative estimate of drug-likeness (QED) is 0.715. The first-order valence-electron chi connectivity index (χ1n) is 8.58. The molecule has 0 spiro atoms. The van der Waals surface area contributed by atoms with Gasteiger partial charge in [-0.2, -0.15) is 10.5 Å². The van der Waals surface area contributed by atoms with E-state index < -0.39 is 16.7 Å². The van der Waals surface area contributed by atoms with Crippen molar-refractivity contribution in [2.24, 2.45) is 10.8 Å². The Morgan fingerprint density at radius 1 is 1.32 bits per heavy atom. The number of ketones is 1. The average molecular weight is 336 g/mol. The Bertz CT molecular complexity index is 710. The minimum atomic E-state index is -1.32. The average Bonchev–Trinajstić information content (AvgIpc) is 2.64. The molecular weight excluding hydrogens is 312 g/mol. The van der Waals surface area contributed by atoms with Crippen LogP contribution in [0.4, 0.5) is 0 Å². The molecule has 0 aromatic heterocycles. The number of methoxy groups -OCH3 is 1. The summed E-state index contributed by atoms with van der Waals surface area (Å²) in [7, 11) is 1.59. The Hall–Kier alpha value is -2.59. The number of hydrogen-bond donors (Lipinski definition) is 0. The lowest BCUT2D eigenvalue weighted by Gasteiger charge is -2.44. The first kappa shape index (κ1) is 18.7. The van der Waals surface area contributed by atoms with Gasteiger partial charge in [0.25, 0.3) is 0 Å². The number of nitrogens with zero attached hydrogens (tertiary/aromatic N) is 2. The number of carbonyl (C=O) groups is 1. The highest BCUT2D eigenvalue weighted by atomic mass is 16.5. The fraction of sp³-hybridized carbons (Fsp3) is 0.476. The summed E-state index contributed by atoms with van der Waals surface area (Å²) in [6, 6.07) is 11.8. The maximum atomic E-state index is 12.9. The maximum absolute atomic E-state index is 12.9. The molecule has 0 unspecified atom stereocenters. The lowest BCUT2D eigenvalue weighted by Crippen LogP contribution is -2.44. The highest BCUT2D eigenvalue weighted by Crippen LogP contribution is 2.54. The number of hydrogen-bond acceptors (Lipinski definition) is 4. The number of rotatable bonds is 6. The molecule has 0 bridgehead atoms. The van der Waals surface area contributed by atoms with Gasteiger partial charge in [0.15, 0.2) is 5.41 Å². The molecule has 2 rings (SSSR count). The monoisotopic (exact) mass is 336 g/mol. The summed E-state index contributed by atoms with van der Waals surface area (Å²) in [4.78, 5) is 12.9. The number of benzene rings is 1. The molecule has 0 aliphatic heterocycles. The summed E-state index contributed by atoms with van der Waals surface area (Å²) in [5.74, 6) is 0.330. The van der Waals surface area contributed by atoms with Crippen molar-refractivity contribution in [1.29, 1.82) is 10.5 Å². The van der Waals surface area contributed by atoms with Crippen LogP contribution in [0.5, 0.6) is 5.75 Å². The minimum absolute atomic E-state index is 0.138. The maximum Gasteiger partial charge on any atom is 0.154 e. The van der Waals surface area contributed by atoms with Gasteiger partial charge in [0.2, 0.25) is 0 Å². The fourth-order valence-corrected chi connectivity index (χ4v) is 4.09. The normalized spacial score (nSPS) is 21.7. The second-order valence-corrected chi connectivity index (χ2v) is 6.94. The summed E-state index contributed by atoms with van der Waals surface area (Å²) in [6.07, 6.45) is 4.81. The Labute approximate surface area is 149 Å². The van der Waals surface area contributed by atoms with Gasteiger partial charge in [0.05, 0.1) is 19.2 Å². The number of nitriles is 2. The van der Waals surface area contributed by atoms with Gasteiger partial charge in [-0.15, -0.1) is 6.58 Å². The summed E-state index contributed by atoms with van der Waals surface area (Å²) < 4.78 is 5.21. The Balaban J connectivity index is 2.66. The zero-order valence-corrected chi connectivity index (χ0v) is 14.9. The van der Waals surface area contributed by atoms with Crippen LogP contribution >= 0.6 is 0 Å². The molecule has 1 fully saturated rings. The first-order chi connectivity index (χ1) is 12.0. The van der Waals surface area contributed by atoms with E-state index in [-0.39, 0.29) is 12.2 Å².